The Kier molecular flexibility index (Phi) is 8.17. The van der Waals surface area contributed by atoms with Gasteiger partial charge < -0.3 is 15.6 Å². The van der Waals surface area contributed by atoms with E-state index in [0.29, 0.717) is 57.8 Å². The van der Waals surface area contributed by atoms with Crippen LogP contribution >= 0.6 is 0 Å². The van der Waals surface area contributed by atoms with E-state index in [1.54, 1.807) is 0 Å². The van der Waals surface area contributed by atoms with Crippen LogP contribution in [0.5, 0.6) is 5.88 Å². The van der Waals surface area contributed by atoms with Crippen molar-refractivity contribution >= 4 is 18.2 Å². The van der Waals surface area contributed by atoms with Crippen LogP contribution in [0.1, 0.15) is 75.8 Å². The van der Waals surface area contributed by atoms with E-state index in [-0.39, 0.29) is 34.7 Å². The molecule has 0 radical (unpaired) electrons. The predicted molar refractivity (Wildman–Crippen MR) is 153 cm³/mol. The van der Waals surface area contributed by atoms with E-state index in [4.69, 9.17) is 10.5 Å². The zero-order valence-electron chi connectivity index (χ0n) is 24.5. The molecule has 1 aliphatic heterocycles. The molecule has 3 aliphatic carbocycles. The quantitative estimate of drug-likeness (QED) is 0.253. The van der Waals surface area contributed by atoms with Gasteiger partial charge in [0.1, 0.15) is 16.9 Å². The van der Waals surface area contributed by atoms with Crippen molar-refractivity contribution in [2.75, 3.05) is 40.9 Å². The van der Waals surface area contributed by atoms with Crippen molar-refractivity contribution in [3.8, 4) is 5.88 Å². The van der Waals surface area contributed by atoms with E-state index >= 15 is 0 Å². The minimum absolute atomic E-state index is 0.0878. The van der Waals surface area contributed by atoms with Gasteiger partial charge in [-0.3, -0.25) is 38.3 Å². The molecule has 1 aromatic rings. The second-order valence-corrected chi connectivity index (χ2v) is 12.9. The van der Waals surface area contributed by atoms with E-state index in [9.17, 15) is 24.3 Å². The number of amidine groups is 1. The molecule has 3 saturated carbocycles. The van der Waals surface area contributed by atoms with E-state index < -0.39 is 22.7 Å². The van der Waals surface area contributed by atoms with Crippen LogP contribution in [0.4, 0.5) is 0 Å². The van der Waals surface area contributed by atoms with Crippen LogP contribution in [0.15, 0.2) is 14.6 Å². The van der Waals surface area contributed by atoms with Gasteiger partial charge in [0.15, 0.2) is 0 Å². The highest BCUT2D eigenvalue weighted by Gasteiger charge is 2.62. The molecule has 1 spiro atoms. The van der Waals surface area contributed by atoms with Gasteiger partial charge in [-0.2, -0.15) is 0 Å². The van der Waals surface area contributed by atoms with Crippen LogP contribution < -0.4 is 17.0 Å². The van der Waals surface area contributed by atoms with Crippen molar-refractivity contribution < 1.29 is 19.4 Å². The molecule has 1 aromatic heterocycles. The number of ether oxygens (including phenoxy) is 1. The van der Waals surface area contributed by atoms with E-state index in [1.807, 2.05) is 7.05 Å². The van der Waals surface area contributed by atoms with Gasteiger partial charge in [-0.15, -0.1) is 0 Å². The summed E-state index contributed by atoms with van der Waals surface area (Å²) < 4.78 is 7.93. The Morgan fingerprint density at radius 2 is 1.76 bits per heavy atom. The largest absolute Gasteiger partial charge is 0.494 e. The molecular weight excluding hydrogens is 528 g/mol. The molecule has 226 valence electrons. The first-order valence-electron chi connectivity index (χ1n) is 14.9. The number of aromatic nitrogens is 2. The number of hydrogen-bond acceptors (Lipinski definition) is 8. The average Bonchev–Trinajstić information content (AvgIpc) is 3.44. The second-order valence-electron chi connectivity index (χ2n) is 12.9. The fraction of sp³-hybridized carbons (Fsp3) is 0.759. The highest BCUT2D eigenvalue weighted by atomic mass is 16.5. The highest BCUT2D eigenvalue weighted by Crippen LogP contribution is 2.60. The van der Waals surface area contributed by atoms with Crippen molar-refractivity contribution in [3.05, 3.63) is 26.4 Å². The summed E-state index contributed by atoms with van der Waals surface area (Å²) in [4.78, 5) is 59.5. The molecule has 41 heavy (non-hydrogen) atoms. The Balaban J connectivity index is 1.39. The van der Waals surface area contributed by atoms with Gasteiger partial charge in [-0.05, 0) is 69.7 Å². The third kappa shape index (κ3) is 5.13. The first-order chi connectivity index (χ1) is 19.6. The molecule has 2 amide bonds. The molecule has 5 rings (SSSR count). The Morgan fingerprint density at radius 3 is 2.29 bits per heavy atom. The first-order valence-corrected chi connectivity index (χ1v) is 14.9. The molecule has 0 atom stereocenters. The molecule has 2 heterocycles. The lowest BCUT2D eigenvalue weighted by Gasteiger charge is -2.61. The van der Waals surface area contributed by atoms with Crippen LogP contribution in [0.25, 0.3) is 0 Å². The van der Waals surface area contributed by atoms with Gasteiger partial charge in [-0.1, -0.05) is 12.8 Å². The van der Waals surface area contributed by atoms with E-state index in [0.717, 1.165) is 50.0 Å². The van der Waals surface area contributed by atoms with E-state index in [2.05, 4.69) is 9.89 Å². The second kappa shape index (κ2) is 11.4. The topological polar surface area (TPSA) is 152 Å². The zero-order chi connectivity index (χ0) is 29.5. The van der Waals surface area contributed by atoms with Crippen LogP contribution in [0.3, 0.4) is 0 Å². The van der Waals surface area contributed by atoms with Gasteiger partial charge in [0.2, 0.25) is 18.2 Å². The maximum absolute atomic E-state index is 13.7. The fourth-order valence-electron chi connectivity index (χ4n) is 7.86. The number of likely N-dealkylation sites (N-methyl/N-ethyl adjacent to an activating group) is 2. The summed E-state index contributed by atoms with van der Waals surface area (Å²) in [5, 5.41) is 11.0. The number of nitrogens with two attached hydrogens (primary N) is 1. The Labute approximate surface area is 240 Å². The summed E-state index contributed by atoms with van der Waals surface area (Å²) in [5.41, 5.74) is 3.99. The summed E-state index contributed by atoms with van der Waals surface area (Å²) in [6.07, 6.45) is 8.66. The molecule has 3 N–H and O–H groups in total. The van der Waals surface area contributed by atoms with Gasteiger partial charge in [0.05, 0.1) is 13.2 Å². The van der Waals surface area contributed by atoms with Crippen LogP contribution in [0, 0.1) is 17.3 Å². The van der Waals surface area contributed by atoms with E-state index in [1.165, 1.54) is 23.2 Å². The van der Waals surface area contributed by atoms with Crippen molar-refractivity contribution in [1.82, 2.24) is 18.9 Å². The van der Waals surface area contributed by atoms with Crippen molar-refractivity contribution in [1.29, 1.82) is 0 Å². The lowest BCUT2D eigenvalue weighted by molar-refractivity contribution is -0.171. The summed E-state index contributed by atoms with van der Waals surface area (Å²) in [7, 11) is 4.92. The number of amides is 2. The molecule has 4 aliphatic rings. The predicted octanol–water partition coefficient (Wildman–Crippen LogP) is 1.07. The smallest absolute Gasteiger partial charge is 0.334 e. The normalized spacial score (nSPS) is 29.0. The molecule has 0 aromatic carbocycles. The van der Waals surface area contributed by atoms with Gasteiger partial charge in [-0.25, -0.2) is 4.79 Å². The maximum atomic E-state index is 13.7. The van der Waals surface area contributed by atoms with Crippen molar-refractivity contribution in [2.24, 2.45) is 28.0 Å². The monoisotopic (exact) mass is 572 g/mol. The maximum Gasteiger partial charge on any atom is 0.334 e. The molecule has 12 heteroatoms. The van der Waals surface area contributed by atoms with Crippen LogP contribution in [-0.2, 0) is 20.9 Å². The van der Waals surface area contributed by atoms with Gasteiger partial charge >= 0.3 is 5.69 Å². The highest BCUT2D eigenvalue weighted by molar-refractivity contribution is 5.99. The minimum Gasteiger partial charge on any atom is -0.494 e. The standard InChI is InChI=1S/C29H44N6O6/c1-31-23(30)22-24(37)34(13-19-6-4-5-7-19)27(40)35(25(22)38)21-8-10-28(11-9-21)16-29(17-28,26(39)32(2)18-36)33(3)12-20-14-41-15-20/h18-21,37H,4-17H2,1-3H3,(H2,30,31). The van der Waals surface area contributed by atoms with Gasteiger partial charge in [0.25, 0.3) is 5.56 Å². The summed E-state index contributed by atoms with van der Waals surface area (Å²) >= 11 is 0. The third-order valence-electron chi connectivity index (χ3n) is 10.3. The molecule has 1 saturated heterocycles. The molecule has 12 nitrogen and oxygen atoms in total. The average molecular weight is 573 g/mol. The first kappa shape index (κ1) is 29.5. The van der Waals surface area contributed by atoms with Crippen molar-refractivity contribution in [2.45, 2.75) is 82.3 Å². The number of carbonyl (C=O) groups is 2. The summed E-state index contributed by atoms with van der Waals surface area (Å²) in [6, 6.07) is -0.340. The number of carbonyl (C=O) groups excluding carboxylic acids is 2. The number of hydrogen-bond donors (Lipinski definition) is 2. The molecule has 0 bridgehead atoms. The Bertz CT molecular complexity index is 1310. The third-order valence-corrected chi connectivity index (χ3v) is 10.3. The number of imide groups is 1. The summed E-state index contributed by atoms with van der Waals surface area (Å²) in [6.45, 7) is 2.43. The fourth-order valence-corrected chi connectivity index (χ4v) is 7.86. The van der Waals surface area contributed by atoms with Gasteiger partial charge in [0, 0.05) is 39.1 Å². The zero-order valence-corrected chi connectivity index (χ0v) is 24.5. The number of nitrogens with zero attached hydrogens (tertiary/aromatic N) is 5. The minimum atomic E-state index is -0.749. The van der Waals surface area contributed by atoms with Crippen molar-refractivity contribution in [3.63, 3.8) is 0 Å². The lowest BCUT2D eigenvalue weighted by Crippen LogP contribution is -2.69. The summed E-state index contributed by atoms with van der Waals surface area (Å²) in [5.74, 6) is -0.0401. The molecular formula is C29H44N6O6. The number of rotatable bonds is 9. The van der Waals surface area contributed by atoms with Crippen LogP contribution in [-0.4, -0.2) is 88.6 Å². The number of aromatic hydroxyl groups is 1. The SMILES string of the molecule is CN=C(N)c1c(O)n(CC2CCCC2)c(=O)n(C2CCC3(CC2)CC(C(=O)N(C)C=O)(N(C)CC2COC2)C3)c1=O. The lowest BCUT2D eigenvalue weighted by atomic mass is 9.50. The number of aliphatic imine (C=N–C) groups is 1. The molecule has 0 unspecified atom stereocenters. The Morgan fingerprint density at radius 1 is 1.12 bits per heavy atom. The van der Waals surface area contributed by atoms with Crippen LogP contribution in [0.2, 0.25) is 0 Å². The molecule has 4 fully saturated rings. The Hall–Kier alpha value is -2.99.